The molecule has 0 saturated heterocycles. The standard InChI is InChI=1S/C14H13NO3/c1-16-12-4-2-3-10(7-12)15-11-5-6-13-14(8-11)18-9-17-13/h2-8,15H,9H2,1H3. The van der Waals surface area contributed by atoms with E-state index in [1.165, 1.54) is 0 Å². The fraction of sp³-hybridized carbons (Fsp3) is 0.143. The molecule has 4 nitrogen and oxygen atoms in total. The van der Waals surface area contributed by atoms with Crippen LogP contribution in [-0.2, 0) is 0 Å². The zero-order valence-corrected chi connectivity index (χ0v) is 9.97. The Morgan fingerprint density at radius 2 is 1.83 bits per heavy atom. The van der Waals surface area contributed by atoms with Gasteiger partial charge in [-0.25, -0.2) is 0 Å². The highest BCUT2D eigenvalue weighted by atomic mass is 16.7. The molecule has 92 valence electrons. The van der Waals surface area contributed by atoms with Crippen molar-refractivity contribution in [2.75, 3.05) is 19.2 Å². The van der Waals surface area contributed by atoms with Crippen molar-refractivity contribution < 1.29 is 14.2 Å². The van der Waals surface area contributed by atoms with Gasteiger partial charge in [-0.3, -0.25) is 0 Å². The van der Waals surface area contributed by atoms with Gasteiger partial charge in [0.1, 0.15) is 5.75 Å². The van der Waals surface area contributed by atoms with Crippen molar-refractivity contribution >= 4 is 11.4 Å². The van der Waals surface area contributed by atoms with Gasteiger partial charge in [-0.05, 0) is 24.3 Å². The third-order valence-corrected chi connectivity index (χ3v) is 2.73. The van der Waals surface area contributed by atoms with E-state index in [-0.39, 0.29) is 6.79 Å². The minimum Gasteiger partial charge on any atom is -0.497 e. The maximum absolute atomic E-state index is 5.33. The van der Waals surface area contributed by atoms with Crippen molar-refractivity contribution in [3.63, 3.8) is 0 Å². The number of methoxy groups -OCH3 is 1. The van der Waals surface area contributed by atoms with E-state index < -0.39 is 0 Å². The minimum absolute atomic E-state index is 0.290. The second-order valence-corrected chi connectivity index (χ2v) is 3.92. The van der Waals surface area contributed by atoms with E-state index in [1.54, 1.807) is 7.11 Å². The second kappa shape index (κ2) is 4.49. The number of ether oxygens (including phenoxy) is 3. The minimum atomic E-state index is 0.290. The van der Waals surface area contributed by atoms with E-state index in [9.17, 15) is 0 Å². The topological polar surface area (TPSA) is 39.7 Å². The van der Waals surface area contributed by atoms with Gasteiger partial charge in [0, 0.05) is 23.5 Å². The van der Waals surface area contributed by atoms with Crippen molar-refractivity contribution in [2.24, 2.45) is 0 Å². The van der Waals surface area contributed by atoms with Gasteiger partial charge in [0.2, 0.25) is 6.79 Å². The smallest absolute Gasteiger partial charge is 0.231 e. The van der Waals surface area contributed by atoms with E-state index in [1.807, 2.05) is 42.5 Å². The van der Waals surface area contributed by atoms with E-state index in [0.29, 0.717) is 0 Å². The highest BCUT2D eigenvalue weighted by Gasteiger charge is 2.13. The molecule has 0 fully saturated rings. The number of nitrogens with one attached hydrogen (secondary N) is 1. The number of anilines is 2. The molecule has 2 aromatic carbocycles. The van der Waals surface area contributed by atoms with Gasteiger partial charge in [-0.2, -0.15) is 0 Å². The third kappa shape index (κ3) is 2.05. The SMILES string of the molecule is COc1cccc(Nc2ccc3c(c2)OCO3)c1. The lowest BCUT2D eigenvalue weighted by Gasteiger charge is -2.08. The van der Waals surface area contributed by atoms with Crippen LogP contribution in [0.2, 0.25) is 0 Å². The summed E-state index contributed by atoms with van der Waals surface area (Å²) in [6.07, 6.45) is 0. The number of hydrogen-bond donors (Lipinski definition) is 1. The zero-order valence-electron chi connectivity index (χ0n) is 9.97. The molecule has 0 spiro atoms. The van der Waals surface area contributed by atoms with Crippen LogP contribution in [0.5, 0.6) is 17.2 Å². The summed E-state index contributed by atoms with van der Waals surface area (Å²) in [5.74, 6) is 2.37. The van der Waals surface area contributed by atoms with Crippen molar-refractivity contribution in [1.29, 1.82) is 0 Å². The molecule has 3 rings (SSSR count). The van der Waals surface area contributed by atoms with Crippen molar-refractivity contribution in [2.45, 2.75) is 0 Å². The molecular weight excluding hydrogens is 230 g/mol. The Bertz CT molecular complexity index is 569. The van der Waals surface area contributed by atoms with Crippen LogP contribution in [0.15, 0.2) is 42.5 Å². The average molecular weight is 243 g/mol. The number of fused-ring (bicyclic) bond motifs is 1. The molecule has 0 atom stereocenters. The van der Waals surface area contributed by atoms with Crippen LogP contribution in [0.25, 0.3) is 0 Å². The molecule has 1 aliphatic rings. The van der Waals surface area contributed by atoms with E-state index in [4.69, 9.17) is 14.2 Å². The second-order valence-electron chi connectivity index (χ2n) is 3.92. The first kappa shape index (κ1) is 10.8. The molecule has 0 amide bonds. The van der Waals surface area contributed by atoms with Gasteiger partial charge in [0.15, 0.2) is 11.5 Å². The van der Waals surface area contributed by atoms with Crippen LogP contribution < -0.4 is 19.5 Å². The molecular formula is C14H13NO3. The van der Waals surface area contributed by atoms with E-state index in [0.717, 1.165) is 28.6 Å². The largest absolute Gasteiger partial charge is 0.497 e. The fourth-order valence-corrected chi connectivity index (χ4v) is 1.84. The Labute approximate surface area is 105 Å². The molecule has 0 aromatic heterocycles. The first-order valence-electron chi connectivity index (χ1n) is 5.66. The Morgan fingerprint density at radius 3 is 2.72 bits per heavy atom. The van der Waals surface area contributed by atoms with Gasteiger partial charge >= 0.3 is 0 Å². The predicted octanol–water partition coefficient (Wildman–Crippen LogP) is 3.17. The van der Waals surface area contributed by atoms with Gasteiger partial charge < -0.3 is 19.5 Å². The highest BCUT2D eigenvalue weighted by molar-refractivity contribution is 5.64. The molecule has 0 radical (unpaired) electrons. The van der Waals surface area contributed by atoms with Gasteiger partial charge in [-0.1, -0.05) is 6.07 Å². The lowest BCUT2D eigenvalue weighted by Crippen LogP contribution is -1.93. The Hall–Kier alpha value is -2.36. The molecule has 0 saturated carbocycles. The van der Waals surface area contributed by atoms with Gasteiger partial charge in [0.25, 0.3) is 0 Å². The number of benzene rings is 2. The number of rotatable bonds is 3. The normalized spacial score (nSPS) is 12.3. The molecule has 1 aliphatic heterocycles. The van der Waals surface area contributed by atoms with E-state index in [2.05, 4.69) is 5.32 Å². The van der Waals surface area contributed by atoms with Gasteiger partial charge in [0.05, 0.1) is 7.11 Å². The monoisotopic (exact) mass is 243 g/mol. The highest BCUT2D eigenvalue weighted by Crippen LogP contribution is 2.35. The summed E-state index contributed by atoms with van der Waals surface area (Å²) in [4.78, 5) is 0. The molecule has 1 heterocycles. The van der Waals surface area contributed by atoms with Crippen molar-refractivity contribution in [1.82, 2.24) is 0 Å². The fourth-order valence-electron chi connectivity index (χ4n) is 1.84. The summed E-state index contributed by atoms with van der Waals surface area (Å²) in [7, 11) is 1.65. The summed E-state index contributed by atoms with van der Waals surface area (Å²) in [5.41, 5.74) is 1.92. The Morgan fingerprint density at radius 1 is 1.00 bits per heavy atom. The van der Waals surface area contributed by atoms with Crippen LogP contribution in [0.4, 0.5) is 11.4 Å². The quantitative estimate of drug-likeness (QED) is 0.898. The zero-order chi connectivity index (χ0) is 12.4. The lowest BCUT2D eigenvalue weighted by atomic mass is 10.2. The van der Waals surface area contributed by atoms with Crippen LogP contribution in [0.3, 0.4) is 0 Å². The summed E-state index contributed by atoms with van der Waals surface area (Å²) in [6.45, 7) is 0.290. The third-order valence-electron chi connectivity index (χ3n) is 2.73. The molecule has 1 N–H and O–H groups in total. The van der Waals surface area contributed by atoms with Crippen LogP contribution in [0, 0.1) is 0 Å². The Kier molecular flexibility index (Phi) is 2.68. The predicted molar refractivity (Wildman–Crippen MR) is 68.8 cm³/mol. The molecule has 18 heavy (non-hydrogen) atoms. The molecule has 0 aliphatic carbocycles. The van der Waals surface area contributed by atoms with E-state index >= 15 is 0 Å². The summed E-state index contributed by atoms with van der Waals surface area (Å²) in [6, 6.07) is 13.5. The van der Waals surface area contributed by atoms with Crippen LogP contribution in [0.1, 0.15) is 0 Å². The number of hydrogen-bond acceptors (Lipinski definition) is 4. The first-order chi connectivity index (χ1) is 8.85. The lowest BCUT2D eigenvalue weighted by molar-refractivity contribution is 0.174. The summed E-state index contributed by atoms with van der Waals surface area (Å²) >= 11 is 0. The molecule has 2 aromatic rings. The van der Waals surface area contributed by atoms with Crippen molar-refractivity contribution in [3.05, 3.63) is 42.5 Å². The molecule has 4 heteroatoms. The van der Waals surface area contributed by atoms with Crippen LogP contribution >= 0.6 is 0 Å². The maximum atomic E-state index is 5.33. The van der Waals surface area contributed by atoms with Crippen LogP contribution in [-0.4, -0.2) is 13.9 Å². The van der Waals surface area contributed by atoms with Crippen molar-refractivity contribution in [3.8, 4) is 17.2 Å². The first-order valence-corrected chi connectivity index (χ1v) is 5.66. The summed E-state index contributed by atoms with van der Waals surface area (Å²) in [5, 5.41) is 3.29. The molecule has 0 bridgehead atoms. The van der Waals surface area contributed by atoms with Gasteiger partial charge in [-0.15, -0.1) is 0 Å². The Balaban J connectivity index is 1.83. The molecule has 0 unspecified atom stereocenters. The maximum Gasteiger partial charge on any atom is 0.231 e. The summed E-state index contributed by atoms with van der Waals surface area (Å²) < 4.78 is 15.8. The average Bonchev–Trinajstić information content (AvgIpc) is 2.86.